The SMILES string of the molecule is Cc1occc1CN(C)CCC=O. The summed E-state index contributed by atoms with van der Waals surface area (Å²) < 4.78 is 5.17. The lowest BCUT2D eigenvalue weighted by Crippen LogP contribution is -2.19. The van der Waals surface area contributed by atoms with E-state index in [4.69, 9.17) is 4.42 Å². The Hall–Kier alpha value is -1.09. The van der Waals surface area contributed by atoms with Gasteiger partial charge < -0.3 is 14.1 Å². The van der Waals surface area contributed by atoms with Gasteiger partial charge in [0.25, 0.3) is 0 Å². The predicted octanol–water partition coefficient (Wildman–Crippen LogP) is 1.61. The number of nitrogens with zero attached hydrogens (tertiary/aromatic N) is 1. The van der Waals surface area contributed by atoms with E-state index in [-0.39, 0.29) is 0 Å². The van der Waals surface area contributed by atoms with Gasteiger partial charge in [-0.2, -0.15) is 0 Å². The van der Waals surface area contributed by atoms with Crippen molar-refractivity contribution in [1.29, 1.82) is 0 Å². The molecule has 72 valence electrons. The molecule has 0 unspecified atom stereocenters. The molecule has 0 spiro atoms. The minimum Gasteiger partial charge on any atom is -0.469 e. The Labute approximate surface area is 78.3 Å². The van der Waals surface area contributed by atoms with E-state index in [1.165, 1.54) is 5.56 Å². The molecule has 0 aliphatic heterocycles. The number of carbonyl (C=O) groups excluding carboxylic acids is 1. The van der Waals surface area contributed by atoms with Gasteiger partial charge in [-0.25, -0.2) is 0 Å². The molecule has 0 fully saturated rings. The molecule has 13 heavy (non-hydrogen) atoms. The Morgan fingerprint density at radius 3 is 2.92 bits per heavy atom. The molecule has 0 saturated heterocycles. The zero-order valence-corrected chi connectivity index (χ0v) is 8.12. The van der Waals surface area contributed by atoms with E-state index in [1.54, 1.807) is 6.26 Å². The highest BCUT2D eigenvalue weighted by Gasteiger charge is 2.04. The van der Waals surface area contributed by atoms with Crippen molar-refractivity contribution in [2.45, 2.75) is 19.9 Å². The number of aryl methyl sites for hydroxylation is 1. The third-order valence-corrected chi connectivity index (χ3v) is 2.04. The fraction of sp³-hybridized carbons (Fsp3) is 0.500. The lowest BCUT2D eigenvalue weighted by Gasteiger charge is -2.13. The van der Waals surface area contributed by atoms with Crippen molar-refractivity contribution in [3.05, 3.63) is 23.7 Å². The van der Waals surface area contributed by atoms with Gasteiger partial charge in [0.1, 0.15) is 12.0 Å². The van der Waals surface area contributed by atoms with Crippen LogP contribution in [0.3, 0.4) is 0 Å². The van der Waals surface area contributed by atoms with Crippen LogP contribution < -0.4 is 0 Å². The van der Waals surface area contributed by atoms with Crippen LogP contribution in [0.5, 0.6) is 0 Å². The second-order valence-corrected chi connectivity index (χ2v) is 3.20. The largest absolute Gasteiger partial charge is 0.469 e. The van der Waals surface area contributed by atoms with Crippen LogP contribution in [0.1, 0.15) is 17.7 Å². The summed E-state index contributed by atoms with van der Waals surface area (Å²) in [6.45, 7) is 3.59. The molecular weight excluding hydrogens is 166 g/mol. The summed E-state index contributed by atoms with van der Waals surface area (Å²) in [6, 6.07) is 1.97. The third kappa shape index (κ3) is 3.03. The van der Waals surface area contributed by atoms with E-state index < -0.39 is 0 Å². The van der Waals surface area contributed by atoms with Crippen molar-refractivity contribution in [2.75, 3.05) is 13.6 Å². The molecule has 3 nitrogen and oxygen atoms in total. The number of carbonyl (C=O) groups is 1. The highest BCUT2D eigenvalue weighted by atomic mass is 16.3. The van der Waals surface area contributed by atoms with Crippen LogP contribution in [0.2, 0.25) is 0 Å². The smallest absolute Gasteiger partial charge is 0.121 e. The van der Waals surface area contributed by atoms with Gasteiger partial charge in [0.2, 0.25) is 0 Å². The predicted molar refractivity (Wildman–Crippen MR) is 50.5 cm³/mol. The van der Waals surface area contributed by atoms with Gasteiger partial charge >= 0.3 is 0 Å². The lowest BCUT2D eigenvalue weighted by molar-refractivity contribution is -0.108. The first-order valence-electron chi connectivity index (χ1n) is 4.39. The molecule has 0 aliphatic carbocycles. The molecule has 1 heterocycles. The monoisotopic (exact) mass is 181 g/mol. The number of aldehydes is 1. The Kier molecular flexibility index (Phi) is 3.71. The number of rotatable bonds is 5. The number of hydrogen-bond donors (Lipinski definition) is 0. The topological polar surface area (TPSA) is 33.5 Å². The van der Waals surface area contributed by atoms with E-state index in [9.17, 15) is 4.79 Å². The summed E-state index contributed by atoms with van der Waals surface area (Å²) in [5.41, 5.74) is 1.19. The van der Waals surface area contributed by atoms with Crippen molar-refractivity contribution >= 4 is 6.29 Å². The molecule has 0 bridgehead atoms. The molecule has 0 aromatic carbocycles. The van der Waals surface area contributed by atoms with E-state index in [1.807, 2.05) is 20.0 Å². The van der Waals surface area contributed by atoms with Gasteiger partial charge in [-0.05, 0) is 20.0 Å². The summed E-state index contributed by atoms with van der Waals surface area (Å²) in [5, 5.41) is 0. The molecule has 1 aromatic rings. The fourth-order valence-electron chi connectivity index (χ4n) is 1.22. The number of furan rings is 1. The van der Waals surface area contributed by atoms with Gasteiger partial charge in [-0.1, -0.05) is 0 Å². The van der Waals surface area contributed by atoms with Crippen molar-refractivity contribution in [3.63, 3.8) is 0 Å². The molecule has 0 atom stereocenters. The van der Waals surface area contributed by atoms with E-state index in [0.717, 1.165) is 25.1 Å². The van der Waals surface area contributed by atoms with Crippen LogP contribution in [0.15, 0.2) is 16.7 Å². The molecule has 0 N–H and O–H groups in total. The molecular formula is C10H15NO2. The molecule has 0 radical (unpaired) electrons. The van der Waals surface area contributed by atoms with Crippen LogP contribution in [-0.4, -0.2) is 24.8 Å². The maximum absolute atomic E-state index is 10.1. The van der Waals surface area contributed by atoms with Crippen LogP contribution in [0, 0.1) is 6.92 Å². The summed E-state index contributed by atoms with van der Waals surface area (Å²) >= 11 is 0. The Morgan fingerprint density at radius 2 is 2.38 bits per heavy atom. The fourth-order valence-corrected chi connectivity index (χ4v) is 1.22. The Bertz CT molecular complexity index is 268. The van der Waals surface area contributed by atoms with E-state index in [2.05, 4.69) is 4.90 Å². The van der Waals surface area contributed by atoms with Crippen LogP contribution in [0.25, 0.3) is 0 Å². The summed E-state index contributed by atoms with van der Waals surface area (Å²) in [5.74, 6) is 0.956. The van der Waals surface area contributed by atoms with Gasteiger partial charge in [0, 0.05) is 25.1 Å². The first-order valence-corrected chi connectivity index (χ1v) is 4.39. The summed E-state index contributed by atoms with van der Waals surface area (Å²) in [6.07, 6.45) is 3.23. The normalized spacial score (nSPS) is 10.7. The van der Waals surface area contributed by atoms with Gasteiger partial charge in [-0.3, -0.25) is 0 Å². The summed E-state index contributed by atoms with van der Waals surface area (Å²) in [4.78, 5) is 12.2. The minimum atomic E-state index is 0.591. The molecule has 3 heteroatoms. The second kappa shape index (κ2) is 4.82. The molecule has 0 saturated carbocycles. The van der Waals surface area contributed by atoms with Gasteiger partial charge in [0.15, 0.2) is 0 Å². The Morgan fingerprint density at radius 1 is 1.62 bits per heavy atom. The van der Waals surface area contributed by atoms with E-state index >= 15 is 0 Å². The molecule has 0 amide bonds. The molecule has 1 aromatic heterocycles. The highest BCUT2D eigenvalue weighted by molar-refractivity contribution is 5.49. The molecule has 0 aliphatic rings. The first-order chi connectivity index (χ1) is 6.24. The maximum atomic E-state index is 10.1. The van der Waals surface area contributed by atoms with Gasteiger partial charge in [-0.15, -0.1) is 0 Å². The minimum absolute atomic E-state index is 0.591. The molecule has 1 rings (SSSR count). The quantitative estimate of drug-likeness (QED) is 0.647. The van der Waals surface area contributed by atoms with Crippen molar-refractivity contribution in [1.82, 2.24) is 4.90 Å². The van der Waals surface area contributed by atoms with Crippen molar-refractivity contribution in [2.24, 2.45) is 0 Å². The van der Waals surface area contributed by atoms with Gasteiger partial charge in [0.05, 0.1) is 6.26 Å². The Balaban J connectivity index is 2.40. The zero-order valence-electron chi connectivity index (χ0n) is 8.12. The average Bonchev–Trinajstić information content (AvgIpc) is 2.48. The zero-order chi connectivity index (χ0) is 9.68. The first kappa shape index (κ1) is 9.99. The van der Waals surface area contributed by atoms with Crippen LogP contribution >= 0.6 is 0 Å². The van der Waals surface area contributed by atoms with E-state index in [0.29, 0.717) is 6.42 Å². The maximum Gasteiger partial charge on any atom is 0.121 e. The number of hydrogen-bond acceptors (Lipinski definition) is 3. The highest BCUT2D eigenvalue weighted by Crippen LogP contribution is 2.10. The van der Waals surface area contributed by atoms with Crippen LogP contribution in [0.4, 0.5) is 0 Å². The van der Waals surface area contributed by atoms with Crippen molar-refractivity contribution in [3.8, 4) is 0 Å². The van der Waals surface area contributed by atoms with Crippen LogP contribution in [-0.2, 0) is 11.3 Å². The second-order valence-electron chi connectivity index (χ2n) is 3.20. The van der Waals surface area contributed by atoms with Crippen molar-refractivity contribution < 1.29 is 9.21 Å². The summed E-state index contributed by atoms with van der Waals surface area (Å²) in [7, 11) is 2.00. The third-order valence-electron chi connectivity index (χ3n) is 2.04. The lowest BCUT2D eigenvalue weighted by atomic mass is 10.2. The standard InChI is InChI=1S/C10H15NO2/c1-9-10(4-7-13-9)8-11(2)5-3-6-12/h4,6-7H,3,5,8H2,1-2H3. The average molecular weight is 181 g/mol.